The zero-order chi connectivity index (χ0) is 11.4. The maximum atomic E-state index is 9.61. The van der Waals surface area contributed by atoms with Crippen LogP contribution in [-0.2, 0) is 0 Å². The van der Waals surface area contributed by atoms with Crippen molar-refractivity contribution in [1.82, 2.24) is 4.90 Å². The van der Waals surface area contributed by atoms with E-state index in [1.165, 1.54) is 0 Å². The normalized spacial score (nSPS) is 13.7. The molecule has 0 bridgehead atoms. The number of aliphatic hydroxyl groups excluding tert-OH is 1. The molecule has 3 N–H and O–H groups in total. The lowest BCUT2D eigenvalue weighted by molar-refractivity contribution is -0.0120. The van der Waals surface area contributed by atoms with Gasteiger partial charge >= 0.3 is 0 Å². The lowest BCUT2D eigenvalue weighted by Crippen LogP contribution is -2.46. The van der Waals surface area contributed by atoms with Crippen molar-refractivity contribution in [2.45, 2.75) is 38.9 Å². The summed E-state index contributed by atoms with van der Waals surface area (Å²) in [7, 11) is 0. The molecule has 0 aliphatic carbocycles. The Morgan fingerprint density at radius 1 is 0.929 bits per heavy atom. The Morgan fingerprint density at radius 2 is 1.29 bits per heavy atom. The Balaban J connectivity index is 4.16. The second kappa shape index (κ2) is 5.07. The third-order valence-electron chi connectivity index (χ3n) is 1.64. The summed E-state index contributed by atoms with van der Waals surface area (Å²) >= 11 is 0. The van der Waals surface area contributed by atoms with Crippen LogP contribution >= 0.6 is 0 Å². The summed E-state index contributed by atoms with van der Waals surface area (Å²) in [4.78, 5) is 1.85. The summed E-state index contributed by atoms with van der Waals surface area (Å²) in [6.45, 7) is 8.22. The maximum Gasteiger partial charge on any atom is 0.0718 e. The average molecular weight is 205 g/mol. The summed E-state index contributed by atoms with van der Waals surface area (Å²) in [6.07, 6.45) is 0. The van der Waals surface area contributed by atoms with Crippen molar-refractivity contribution < 1.29 is 15.3 Å². The van der Waals surface area contributed by atoms with E-state index in [0.717, 1.165) is 0 Å². The molecule has 0 aliphatic heterocycles. The quantitative estimate of drug-likeness (QED) is 0.563. The molecule has 4 heteroatoms. The SMILES string of the molecule is CC(C)(O)CN(CCO)CC(C)(C)O. The highest BCUT2D eigenvalue weighted by Crippen LogP contribution is 2.09. The summed E-state index contributed by atoms with van der Waals surface area (Å²) in [5.74, 6) is 0. The Bertz CT molecular complexity index is 142. The molecule has 14 heavy (non-hydrogen) atoms. The standard InChI is InChI=1S/C10H23NO3/c1-9(2,13)7-11(5-6-12)8-10(3,4)14/h12-14H,5-8H2,1-4H3. The Labute approximate surface area is 86.2 Å². The first kappa shape index (κ1) is 13.8. The molecule has 4 nitrogen and oxygen atoms in total. The first-order chi connectivity index (χ1) is 6.14. The minimum absolute atomic E-state index is 0.0339. The molecule has 0 aromatic carbocycles. The molecule has 86 valence electrons. The van der Waals surface area contributed by atoms with Crippen LogP contribution in [0.25, 0.3) is 0 Å². The van der Waals surface area contributed by atoms with Gasteiger partial charge in [-0.3, -0.25) is 4.90 Å². The summed E-state index contributed by atoms with van der Waals surface area (Å²) in [5, 5.41) is 28.0. The van der Waals surface area contributed by atoms with Crippen LogP contribution in [0, 0.1) is 0 Å². The van der Waals surface area contributed by atoms with E-state index in [9.17, 15) is 10.2 Å². The van der Waals surface area contributed by atoms with Gasteiger partial charge in [0.05, 0.1) is 17.8 Å². The lowest BCUT2D eigenvalue weighted by atomic mass is 10.1. The van der Waals surface area contributed by atoms with Crippen molar-refractivity contribution in [3.63, 3.8) is 0 Å². The van der Waals surface area contributed by atoms with E-state index in [-0.39, 0.29) is 6.61 Å². The zero-order valence-electron chi connectivity index (χ0n) is 9.62. The zero-order valence-corrected chi connectivity index (χ0v) is 9.62. The van der Waals surface area contributed by atoms with Gasteiger partial charge in [0.1, 0.15) is 0 Å². The lowest BCUT2D eigenvalue weighted by Gasteiger charge is -2.32. The monoisotopic (exact) mass is 205 g/mol. The van der Waals surface area contributed by atoms with Crippen molar-refractivity contribution in [2.24, 2.45) is 0 Å². The van der Waals surface area contributed by atoms with Gasteiger partial charge in [0, 0.05) is 19.6 Å². The molecule has 0 saturated heterocycles. The van der Waals surface area contributed by atoms with E-state index in [2.05, 4.69) is 0 Å². The molecule has 0 radical (unpaired) electrons. The van der Waals surface area contributed by atoms with Crippen LogP contribution in [0.5, 0.6) is 0 Å². The highest BCUT2D eigenvalue weighted by molar-refractivity contribution is 4.77. The predicted molar refractivity (Wildman–Crippen MR) is 56.1 cm³/mol. The molecule has 0 rings (SSSR count). The maximum absolute atomic E-state index is 9.61. The first-order valence-electron chi connectivity index (χ1n) is 4.92. The third kappa shape index (κ3) is 8.44. The third-order valence-corrected chi connectivity index (χ3v) is 1.64. The minimum Gasteiger partial charge on any atom is -0.395 e. The van der Waals surface area contributed by atoms with E-state index >= 15 is 0 Å². The molecule has 0 atom stereocenters. The summed E-state index contributed by atoms with van der Waals surface area (Å²) < 4.78 is 0. The molecule has 0 aromatic heterocycles. The van der Waals surface area contributed by atoms with Crippen LogP contribution in [0.1, 0.15) is 27.7 Å². The minimum atomic E-state index is -0.805. The first-order valence-corrected chi connectivity index (χ1v) is 4.92. The van der Waals surface area contributed by atoms with Gasteiger partial charge < -0.3 is 15.3 Å². The molecule has 0 amide bonds. The highest BCUT2D eigenvalue weighted by Gasteiger charge is 2.23. The number of rotatable bonds is 6. The fourth-order valence-electron chi connectivity index (χ4n) is 1.45. The second-order valence-corrected chi connectivity index (χ2v) is 5.06. The van der Waals surface area contributed by atoms with E-state index in [4.69, 9.17) is 5.11 Å². The predicted octanol–water partition coefficient (Wildman–Crippen LogP) is -0.178. The number of nitrogens with zero attached hydrogens (tertiary/aromatic N) is 1. The fourth-order valence-corrected chi connectivity index (χ4v) is 1.45. The smallest absolute Gasteiger partial charge is 0.0718 e. The number of hydrogen-bond donors (Lipinski definition) is 3. The summed E-state index contributed by atoms with van der Waals surface area (Å²) in [6, 6.07) is 0. The highest BCUT2D eigenvalue weighted by atomic mass is 16.3. The van der Waals surface area contributed by atoms with Crippen LogP contribution in [-0.4, -0.2) is 57.7 Å². The number of hydrogen-bond acceptors (Lipinski definition) is 4. The van der Waals surface area contributed by atoms with Gasteiger partial charge in [-0.25, -0.2) is 0 Å². The van der Waals surface area contributed by atoms with Gasteiger partial charge in [-0.05, 0) is 27.7 Å². The Kier molecular flexibility index (Phi) is 5.01. The van der Waals surface area contributed by atoms with Crippen molar-refractivity contribution in [3.8, 4) is 0 Å². The largest absolute Gasteiger partial charge is 0.395 e. The topological polar surface area (TPSA) is 63.9 Å². The molecule has 0 aliphatic rings. The van der Waals surface area contributed by atoms with Gasteiger partial charge in [0.2, 0.25) is 0 Å². The Morgan fingerprint density at radius 3 is 1.50 bits per heavy atom. The van der Waals surface area contributed by atoms with Crippen LogP contribution in [0.3, 0.4) is 0 Å². The van der Waals surface area contributed by atoms with E-state index in [1.807, 2.05) is 4.90 Å². The second-order valence-electron chi connectivity index (χ2n) is 5.06. The van der Waals surface area contributed by atoms with Gasteiger partial charge in [-0.1, -0.05) is 0 Å². The van der Waals surface area contributed by atoms with Crippen LogP contribution in [0.4, 0.5) is 0 Å². The molecule has 0 heterocycles. The van der Waals surface area contributed by atoms with E-state index in [0.29, 0.717) is 19.6 Å². The fraction of sp³-hybridized carbons (Fsp3) is 1.00. The molecule has 0 unspecified atom stereocenters. The molecular formula is C10H23NO3. The van der Waals surface area contributed by atoms with Crippen LogP contribution in [0.15, 0.2) is 0 Å². The summed E-state index contributed by atoms with van der Waals surface area (Å²) in [5.41, 5.74) is -1.61. The van der Waals surface area contributed by atoms with Crippen molar-refractivity contribution >= 4 is 0 Å². The van der Waals surface area contributed by atoms with E-state index in [1.54, 1.807) is 27.7 Å². The molecule has 0 spiro atoms. The molecule has 0 fully saturated rings. The molecular weight excluding hydrogens is 182 g/mol. The molecule has 0 saturated carbocycles. The van der Waals surface area contributed by atoms with Crippen LogP contribution in [0.2, 0.25) is 0 Å². The van der Waals surface area contributed by atoms with Crippen LogP contribution < -0.4 is 0 Å². The van der Waals surface area contributed by atoms with Gasteiger partial charge in [0.25, 0.3) is 0 Å². The van der Waals surface area contributed by atoms with Gasteiger partial charge in [-0.2, -0.15) is 0 Å². The van der Waals surface area contributed by atoms with Crippen molar-refractivity contribution in [2.75, 3.05) is 26.2 Å². The number of aliphatic hydroxyl groups is 3. The molecule has 0 aromatic rings. The van der Waals surface area contributed by atoms with Gasteiger partial charge in [0.15, 0.2) is 0 Å². The van der Waals surface area contributed by atoms with E-state index < -0.39 is 11.2 Å². The van der Waals surface area contributed by atoms with Crippen molar-refractivity contribution in [1.29, 1.82) is 0 Å². The van der Waals surface area contributed by atoms with Crippen molar-refractivity contribution in [3.05, 3.63) is 0 Å². The average Bonchev–Trinajstić information content (AvgIpc) is 1.78. The van der Waals surface area contributed by atoms with Gasteiger partial charge in [-0.15, -0.1) is 0 Å². The Hall–Kier alpha value is -0.160.